The van der Waals surface area contributed by atoms with Crippen LogP contribution in [-0.2, 0) is 9.59 Å². The maximum Gasteiger partial charge on any atom is 0.244 e. The van der Waals surface area contributed by atoms with Crippen LogP contribution in [0.2, 0.25) is 0 Å². The standard InChI is InChI=1S/C6H8N2O3S/c9-5(7-11)3-4-1-2-12-8-6(4)10/h1-2,4,11H,3H2,(H,7,9)(H,8,10). The zero-order valence-electron chi connectivity index (χ0n) is 6.11. The van der Waals surface area contributed by atoms with Crippen LogP contribution in [0, 0.1) is 5.92 Å². The third kappa shape index (κ3) is 2.24. The molecule has 2 amide bonds. The molecule has 12 heavy (non-hydrogen) atoms. The molecular formula is C6H8N2O3S. The highest BCUT2D eigenvalue weighted by molar-refractivity contribution is 8.00. The number of amides is 2. The minimum Gasteiger partial charge on any atom is -0.296 e. The minimum atomic E-state index is -0.563. The Morgan fingerprint density at radius 1 is 1.83 bits per heavy atom. The van der Waals surface area contributed by atoms with Gasteiger partial charge in [0.2, 0.25) is 11.8 Å². The van der Waals surface area contributed by atoms with Crippen molar-refractivity contribution in [2.75, 3.05) is 0 Å². The van der Waals surface area contributed by atoms with Crippen molar-refractivity contribution in [1.82, 2.24) is 10.2 Å². The van der Waals surface area contributed by atoms with Gasteiger partial charge in [0.15, 0.2) is 0 Å². The molecule has 0 aromatic heterocycles. The van der Waals surface area contributed by atoms with Crippen LogP contribution in [0.25, 0.3) is 0 Å². The number of carbonyl (C=O) groups is 2. The Morgan fingerprint density at radius 2 is 2.58 bits per heavy atom. The van der Waals surface area contributed by atoms with Crippen LogP contribution in [0.15, 0.2) is 11.5 Å². The van der Waals surface area contributed by atoms with Crippen molar-refractivity contribution in [3.8, 4) is 0 Å². The first-order valence-corrected chi connectivity index (χ1v) is 4.17. The Balaban J connectivity index is 2.50. The Bertz CT molecular complexity index is 229. The van der Waals surface area contributed by atoms with Gasteiger partial charge in [0.05, 0.1) is 5.92 Å². The second-order valence-corrected chi connectivity index (χ2v) is 2.97. The molecular weight excluding hydrogens is 180 g/mol. The van der Waals surface area contributed by atoms with E-state index in [9.17, 15) is 9.59 Å². The zero-order chi connectivity index (χ0) is 8.97. The molecule has 66 valence electrons. The predicted octanol–water partition coefficient (Wildman–Crippen LogP) is -0.210. The normalized spacial score (nSPS) is 21.8. The van der Waals surface area contributed by atoms with Gasteiger partial charge in [-0.1, -0.05) is 6.08 Å². The van der Waals surface area contributed by atoms with E-state index < -0.39 is 11.8 Å². The first-order valence-electron chi connectivity index (χ1n) is 3.29. The third-order valence-electron chi connectivity index (χ3n) is 1.41. The van der Waals surface area contributed by atoms with Gasteiger partial charge in [0.25, 0.3) is 0 Å². The molecule has 1 aliphatic rings. The van der Waals surface area contributed by atoms with Gasteiger partial charge in [-0.2, -0.15) is 0 Å². The molecule has 1 heterocycles. The van der Waals surface area contributed by atoms with E-state index in [1.54, 1.807) is 11.5 Å². The van der Waals surface area contributed by atoms with E-state index in [0.29, 0.717) is 0 Å². The monoisotopic (exact) mass is 188 g/mol. The molecule has 0 saturated carbocycles. The van der Waals surface area contributed by atoms with E-state index in [1.807, 2.05) is 0 Å². The summed E-state index contributed by atoms with van der Waals surface area (Å²) in [4.78, 5) is 21.6. The third-order valence-corrected chi connectivity index (χ3v) is 2.02. The molecule has 0 aromatic rings. The molecule has 0 bridgehead atoms. The first kappa shape index (κ1) is 9.08. The maximum absolute atomic E-state index is 11.0. The molecule has 5 nitrogen and oxygen atoms in total. The van der Waals surface area contributed by atoms with Gasteiger partial charge in [0, 0.05) is 6.42 Å². The lowest BCUT2D eigenvalue weighted by Gasteiger charge is -2.13. The van der Waals surface area contributed by atoms with E-state index in [2.05, 4.69) is 4.72 Å². The van der Waals surface area contributed by atoms with E-state index in [-0.39, 0.29) is 12.3 Å². The van der Waals surface area contributed by atoms with Gasteiger partial charge < -0.3 is 0 Å². The molecule has 1 unspecified atom stereocenters. The molecule has 0 aromatic carbocycles. The Labute approximate surface area is 73.3 Å². The number of nitrogens with one attached hydrogen (secondary N) is 2. The topological polar surface area (TPSA) is 78.4 Å². The van der Waals surface area contributed by atoms with Crippen molar-refractivity contribution in [3.63, 3.8) is 0 Å². The van der Waals surface area contributed by atoms with Crippen molar-refractivity contribution in [2.45, 2.75) is 6.42 Å². The Kier molecular flexibility index (Phi) is 3.12. The lowest BCUT2D eigenvalue weighted by molar-refractivity contribution is -0.133. The number of hydroxylamine groups is 1. The minimum absolute atomic E-state index is 0.0284. The van der Waals surface area contributed by atoms with Crippen LogP contribution >= 0.6 is 11.9 Å². The van der Waals surface area contributed by atoms with Crippen LogP contribution in [0.5, 0.6) is 0 Å². The van der Waals surface area contributed by atoms with Crippen molar-refractivity contribution in [1.29, 1.82) is 0 Å². The van der Waals surface area contributed by atoms with E-state index in [4.69, 9.17) is 5.21 Å². The van der Waals surface area contributed by atoms with Gasteiger partial charge in [0.1, 0.15) is 0 Å². The lowest BCUT2D eigenvalue weighted by atomic mass is 10.1. The number of hydrogen-bond donors (Lipinski definition) is 3. The number of rotatable bonds is 2. The largest absolute Gasteiger partial charge is 0.296 e. The molecule has 0 radical (unpaired) electrons. The van der Waals surface area contributed by atoms with Crippen molar-refractivity contribution in [3.05, 3.63) is 11.5 Å². The summed E-state index contributed by atoms with van der Waals surface area (Å²) < 4.78 is 2.49. The number of carbonyl (C=O) groups excluding carboxylic acids is 2. The quantitative estimate of drug-likeness (QED) is 0.318. The molecule has 3 N–H and O–H groups in total. The average molecular weight is 188 g/mol. The molecule has 1 atom stereocenters. The predicted molar refractivity (Wildman–Crippen MR) is 42.9 cm³/mol. The molecule has 0 aliphatic carbocycles. The van der Waals surface area contributed by atoms with Crippen molar-refractivity contribution >= 4 is 23.8 Å². The van der Waals surface area contributed by atoms with E-state index in [1.165, 1.54) is 17.4 Å². The highest BCUT2D eigenvalue weighted by Gasteiger charge is 2.20. The summed E-state index contributed by atoms with van der Waals surface area (Å²) in [6.07, 6.45) is 1.60. The number of hydrogen-bond acceptors (Lipinski definition) is 4. The van der Waals surface area contributed by atoms with Crippen molar-refractivity contribution < 1.29 is 14.8 Å². The van der Waals surface area contributed by atoms with Gasteiger partial charge >= 0.3 is 0 Å². The van der Waals surface area contributed by atoms with Gasteiger partial charge in [-0.3, -0.25) is 19.5 Å². The fourth-order valence-corrected chi connectivity index (χ4v) is 1.40. The van der Waals surface area contributed by atoms with Crippen LogP contribution in [-0.4, -0.2) is 17.0 Å². The lowest BCUT2D eigenvalue weighted by Crippen LogP contribution is -2.31. The molecule has 1 rings (SSSR count). The maximum atomic E-state index is 11.0. The summed E-state index contributed by atoms with van der Waals surface area (Å²) in [5.74, 6) is -1.25. The van der Waals surface area contributed by atoms with Crippen LogP contribution in [0.1, 0.15) is 6.42 Å². The molecule has 0 saturated heterocycles. The Morgan fingerprint density at radius 3 is 3.17 bits per heavy atom. The summed E-state index contributed by atoms with van der Waals surface area (Å²) >= 11 is 1.17. The van der Waals surface area contributed by atoms with Crippen LogP contribution in [0.4, 0.5) is 0 Å². The van der Waals surface area contributed by atoms with Crippen LogP contribution in [0.3, 0.4) is 0 Å². The Hall–Kier alpha value is -1.01. The second-order valence-electron chi connectivity index (χ2n) is 2.26. The first-order chi connectivity index (χ1) is 5.74. The molecule has 1 aliphatic heterocycles. The average Bonchev–Trinajstić information content (AvgIpc) is 2.09. The van der Waals surface area contributed by atoms with Crippen molar-refractivity contribution in [2.24, 2.45) is 5.92 Å². The van der Waals surface area contributed by atoms with Crippen LogP contribution < -0.4 is 10.2 Å². The van der Waals surface area contributed by atoms with Gasteiger partial charge in [-0.05, 0) is 17.4 Å². The molecule has 6 heteroatoms. The summed E-state index contributed by atoms with van der Waals surface area (Å²) in [7, 11) is 0. The summed E-state index contributed by atoms with van der Waals surface area (Å²) in [6.45, 7) is 0. The summed E-state index contributed by atoms with van der Waals surface area (Å²) in [5.41, 5.74) is 1.47. The summed E-state index contributed by atoms with van der Waals surface area (Å²) in [6, 6.07) is 0. The summed E-state index contributed by atoms with van der Waals surface area (Å²) in [5, 5.41) is 9.88. The van der Waals surface area contributed by atoms with Gasteiger partial charge in [-0.15, -0.1) is 0 Å². The zero-order valence-corrected chi connectivity index (χ0v) is 6.93. The second kappa shape index (κ2) is 4.13. The van der Waals surface area contributed by atoms with E-state index >= 15 is 0 Å². The molecule has 0 spiro atoms. The SMILES string of the molecule is O=C(CC1C=CSNC1=O)NO. The fraction of sp³-hybridized carbons (Fsp3) is 0.333. The molecule has 0 fully saturated rings. The highest BCUT2D eigenvalue weighted by Crippen LogP contribution is 2.14. The highest BCUT2D eigenvalue weighted by atomic mass is 32.2. The smallest absolute Gasteiger partial charge is 0.244 e. The van der Waals surface area contributed by atoms with E-state index in [0.717, 1.165) is 0 Å². The fourth-order valence-electron chi connectivity index (χ4n) is 0.795. The van der Waals surface area contributed by atoms with Gasteiger partial charge in [-0.25, -0.2) is 5.48 Å².